The van der Waals surface area contributed by atoms with Gasteiger partial charge in [-0.3, -0.25) is 0 Å². The van der Waals surface area contributed by atoms with Gasteiger partial charge in [0.25, 0.3) is 5.89 Å². The third-order valence-electron chi connectivity index (χ3n) is 4.94. The van der Waals surface area contributed by atoms with Crippen molar-refractivity contribution in [1.82, 2.24) is 10.2 Å². The number of benzene rings is 3. The number of nitrogens with zero attached hydrogens (tertiary/aromatic N) is 2. The maximum Gasteiger partial charge on any atom is 0.416 e. The number of anilines is 2. The number of carbonyl (C=O) groups is 1. The van der Waals surface area contributed by atoms with Crippen LogP contribution in [0.4, 0.5) is 46.9 Å². The summed E-state index contributed by atoms with van der Waals surface area (Å²) in [5.74, 6) is -0.997. The van der Waals surface area contributed by atoms with E-state index in [2.05, 4.69) is 15.5 Å². The van der Waals surface area contributed by atoms with E-state index in [1.807, 2.05) is 5.32 Å². The van der Waals surface area contributed by atoms with E-state index in [4.69, 9.17) is 20.8 Å². The van der Waals surface area contributed by atoms with Crippen molar-refractivity contribution < 1.29 is 44.7 Å². The molecule has 0 spiro atoms. The molecule has 0 saturated carbocycles. The smallest absolute Gasteiger partial charge is 0.416 e. The maximum absolute atomic E-state index is 14.5. The number of aromatic nitrogens is 2. The fraction of sp³-hybridized carbons (Fsp3) is 0.125. The molecule has 204 valence electrons. The van der Waals surface area contributed by atoms with Gasteiger partial charge < -0.3 is 19.8 Å². The molecule has 0 unspecified atom stereocenters. The van der Waals surface area contributed by atoms with E-state index in [9.17, 15) is 35.5 Å². The van der Waals surface area contributed by atoms with Crippen molar-refractivity contribution >= 4 is 29.0 Å². The first kappa shape index (κ1) is 27.7. The highest BCUT2D eigenvalue weighted by Crippen LogP contribution is 2.37. The summed E-state index contributed by atoms with van der Waals surface area (Å²) in [5, 5.41) is 12.2. The Bertz CT molecular complexity index is 1460. The van der Waals surface area contributed by atoms with E-state index in [1.54, 1.807) is 24.3 Å². The second-order valence-corrected chi connectivity index (χ2v) is 8.25. The molecule has 0 aliphatic heterocycles. The largest absolute Gasteiger partial charge is 0.481 e. The number of alkyl halides is 6. The van der Waals surface area contributed by atoms with Crippen molar-refractivity contribution in [1.29, 1.82) is 0 Å². The summed E-state index contributed by atoms with van der Waals surface area (Å²) >= 11 is 5.83. The molecule has 1 aromatic heterocycles. The first-order chi connectivity index (χ1) is 18.3. The van der Waals surface area contributed by atoms with Gasteiger partial charge in [0.05, 0.1) is 11.1 Å². The van der Waals surface area contributed by atoms with Crippen LogP contribution in [0, 0.1) is 5.82 Å². The van der Waals surface area contributed by atoms with Gasteiger partial charge in [-0.05, 0) is 54.6 Å². The molecule has 2 amide bonds. The third kappa shape index (κ3) is 7.16. The zero-order valence-electron chi connectivity index (χ0n) is 19.1. The summed E-state index contributed by atoms with van der Waals surface area (Å²) < 4.78 is 103. The molecule has 0 atom stereocenters. The normalized spacial score (nSPS) is 11.8. The van der Waals surface area contributed by atoms with Gasteiger partial charge in [0.1, 0.15) is 0 Å². The monoisotopic (exact) mass is 574 g/mol. The topological polar surface area (TPSA) is 89.3 Å². The summed E-state index contributed by atoms with van der Waals surface area (Å²) in [6, 6.07) is 9.10. The van der Waals surface area contributed by atoms with E-state index in [0.717, 1.165) is 12.1 Å². The SMILES string of the molecule is O=C(Nc1cc(C(F)(F)F)cc(C(F)(F)F)c1)Nc1ccc(OCc2nnc(-c3ccc(Cl)cc3)o2)c(F)c1. The van der Waals surface area contributed by atoms with Crippen molar-refractivity contribution in [3.8, 4) is 17.2 Å². The summed E-state index contributed by atoms with van der Waals surface area (Å²) in [4.78, 5) is 12.2. The van der Waals surface area contributed by atoms with Gasteiger partial charge in [-0.15, -0.1) is 10.2 Å². The molecule has 0 radical (unpaired) electrons. The standard InChI is InChI=1S/C24H14ClF7N4O3/c25-15-3-1-12(2-4-15)21-36-35-20(39-21)11-38-19-6-5-16(10-18(19)26)33-22(37)34-17-8-13(23(27,28)29)7-14(9-17)24(30,31)32/h1-10H,11H2,(H2,33,34,37). The predicted octanol–water partition coefficient (Wildman–Crippen LogP) is 7.79. The molecule has 3 aromatic carbocycles. The highest BCUT2D eigenvalue weighted by Gasteiger charge is 2.37. The fourth-order valence-corrected chi connectivity index (χ4v) is 3.30. The molecule has 4 rings (SSSR count). The predicted molar refractivity (Wildman–Crippen MR) is 125 cm³/mol. The van der Waals surface area contributed by atoms with Crippen molar-refractivity contribution in [3.63, 3.8) is 0 Å². The lowest BCUT2D eigenvalue weighted by Gasteiger charge is -2.15. The molecule has 39 heavy (non-hydrogen) atoms. The third-order valence-corrected chi connectivity index (χ3v) is 5.20. The van der Waals surface area contributed by atoms with E-state index in [-0.39, 0.29) is 35.9 Å². The Kier molecular flexibility index (Phi) is 7.67. The number of halogens is 8. The molecule has 15 heteroatoms. The number of ether oxygens (including phenoxy) is 1. The average molecular weight is 575 g/mol. The summed E-state index contributed by atoms with van der Waals surface area (Å²) in [5.41, 5.74) is -3.56. The lowest BCUT2D eigenvalue weighted by Crippen LogP contribution is -2.21. The van der Waals surface area contributed by atoms with Crippen LogP contribution in [-0.2, 0) is 19.0 Å². The molecule has 0 aliphatic rings. The Morgan fingerprint density at radius 2 is 1.46 bits per heavy atom. The van der Waals surface area contributed by atoms with Crippen LogP contribution in [0.5, 0.6) is 5.75 Å². The highest BCUT2D eigenvalue weighted by atomic mass is 35.5. The van der Waals surface area contributed by atoms with Gasteiger partial charge in [-0.1, -0.05) is 11.6 Å². The lowest BCUT2D eigenvalue weighted by molar-refractivity contribution is -0.143. The maximum atomic E-state index is 14.5. The van der Waals surface area contributed by atoms with E-state index in [0.29, 0.717) is 22.7 Å². The van der Waals surface area contributed by atoms with Crippen LogP contribution in [0.1, 0.15) is 17.0 Å². The zero-order chi connectivity index (χ0) is 28.4. The summed E-state index contributed by atoms with van der Waals surface area (Å²) in [6.07, 6.45) is -10.2. The van der Waals surface area contributed by atoms with Crippen molar-refractivity contribution in [3.05, 3.63) is 88.5 Å². The lowest BCUT2D eigenvalue weighted by atomic mass is 10.1. The van der Waals surface area contributed by atoms with Crippen molar-refractivity contribution in [2.24, 2.45) is 0 Å². The van der Waals surface area contributed by atoms with Crippen molar-refractivity contribution in [2.75, 3.05) is 10.6 Å². The van der Waals surface area contributed by atoms with E-state index >= 15 is 0 Å². The molecular weight excluding hydrogens is 561 g/mol. The Morgan fingerprint density at radius 1 is 0.846 bits per heavy atom. The quantitative estimate of drug-likeness (QED) is 0.229. The molecule has 1 heterocycles. The number of urea groups is 1. The Morgan fingerprint density at radius 3 is 2.05 bits per heavy atom. The van der Waals surface area contributed by atoms with E-state index in [1.165, 1.54) is 6.07 Å². The van der Waals surface area contributed by atoms with Gasteiger partial charge >= 0.3 is 18.4 Å². The minimum Gasteiger partial charge on any atom is -0.481 e. The molecular formula is C24H14ClF7N4O3. The van der Waals surface area contributed by atoms with Crippen LogP contribution < -0.4 is 15.4 Å². The zero-order valence-corrected chi connectivity index (χ0v) is 19.9. The second-order valence-electron chi connectivity index (χ2n) is 7.82. The molecule has 0 aliphatic carbocycles. The first-order valence-corrected chi connectivity index (χ1v) is 11.0. The second kappa shape index (κ2) is 10.8. The van der Waals surface area contributed by atoms with Crippen LogP contribution in [0.2, 0.25) is 5.02 Å². The number of carbonyl (C=O) groups excluding carboxylic acids is 1. The number of hydrogen-bond donors (Lipinski definition) is 2. The van der Waals surface area contributed by atoms with Crippen LogP contribution in [-0.4, -0.2) is 16.2 Å². The van der Waals surface area contributed by atoms with Crippen LogP contribution >= 0.6 is 11.6 Å². The average Bonchev–Trinajstić information content (AvgIpc) is 3.31. The molecule has 0 fully saturated rings. The minimum absolute atomic E-state index is 0.0280. The van der Waals surface area contributed by atoms with Gasteiger partial charge in [0.15, 0.2) is 18.2 Å². The van der Waals surface area contributed by atoms with Gasteiger partial charge in [-0.25, -0.2) is 9.18 Å². The fourth-order valence-electron chi connectivity index (χ4n) is 3.18. The number of rotatable bonds is 6. The number of amides is 2. The van der Waals surface area contributed by atoms with E-state index < -0.39 is 41.0 Å². The Balaban J connectivity index is 1.39. The summed E-state index contributed by atoms with van der Waals surface area (Å²) in [7, 11) is 0. The Hall–Kier alpha value is -4.33. The molecule has 4 aromatic rings. The van der Waals surface area contributed by atoms with Crippen LogP contribution in [0.25, 0.3) is 11.5 Å². The summed E-state index contributed by atoms with van der Waals surface area (Å²) in [6.45, 7) is -0.304. The molecule has 2 N–H and O–H groups in total. The molecule has 0 bridgehead atoms. The van der Waals surface area contributed by atoms with Crippen LogP contribution in [0.3, 0.4) is 0 Å². The molecule has 0 saturated heterocycles. The van der Waals surface area contributed by atoms with Crippen LogP contribution in [0.15, 0.2) is 65.1 Å². The number of hydrogen-bond acceptors (Lipinski definition) is 5. The molecule has 7 nitrogen and oxygen atoms in total. The van der Waals surface area contributed by atoms with Crippen molar-refractivity contribution in [2.45, 2.75) is 19.0 Å². The van der Waals surface area contributed by atoms with Gasteiger partial charge in [0, 0.05) is 28.0 Å². The Labute approximate surface area is 219 Å². The first-order valence-electron chi connectivity index (χ1n) is 10.7. The highest BCUT2D eigenvalue weighted by molar-refractivity contribution is 6.30. The number of nitrogens with one attached hydrogen (secondary N) is 2. The van der Waals surface area contributed by atoms with Gasteiger partial charge in [-0.2, -0.15) is 26.3 Å². The van der Waals surface area contributed by atoms with Gasteiger partial charge in [0.2, 0.25) is 5.89 Å². The minimum atomic E-state index is -5.09.